The molecule has 110 valence electrons. The SMILES string of the molecule is O=[N+]([O-])c1cccc(Cl)c1CNCC1(O)CCCCC1. The zero-order valence-corrected chi connectivity index (χ0v) is 12.0. The normalized spacial score (nSPS) is 17.9. The number of hydrogen-bond acceptors (Lipinski definition) is 4. The molecule has 0 saturated heterocycles. The summed E-state index contributed by atoms with van der Waals surface area (Å²) in [7, 11) is 0. The summed E-state index contributed by atoms with van der Waals surface area (Å²) in [6.07, 6.45) is 4.79. The van der Waals surface area contributed by atoms with Crippen molar-refractivity contribution in [1.82, 2.24) is 5.32 Å². The van der Waals surface area contributed by atoms with Crippen LogP contribution in [0.4, 0.5) is 5.69 Å². The van der Waals surface area contributed by atoms with E-state index >= 15 is 0 Å². The summed E-state index contributed by atoms with van der Waals surface area (Å²) in [4.78, 5) is 10.5. The predicted octanol–water partition coefficient (Wildman–Crippen LogP) is 3.03. The third-order valence-corrected chi connectivity index (χ3v) is 4.19. The number of hydrogen-bond donors (Lipinski definition) is 2. The van der Waals surface area contributed by atoms with Gasteiger partial charge in [-0.2, -0.15) is 0 Å². The maximum absolute atomic E-state index is 11.0. The molecule has 0 radical (unpaired) electrons. The van der Waals surface area contributed by atoms with Crippen molar-refractivity contribution in [2.45, 2.75) is 44.2 Å². The molecule has 6 heteroatoms. The molecule has 1 aromatic rings. The second-order valence-corrected chi connectivity index (χ2v) is 5.79. The van der Waals surface area contributed by atoms with Crippen LogP contribution >= 0.6 is 11.6 Å². The highest BCUT2D eigenvalue weighted by molar-refractivity contribution is 6.31. The standard InChI is InChI=1S/C14H19ClN2O3/c15-12-5-4-6-13(17(19)20)11(12)9-16-10-14(18)7-2-1-3-8-14/h4-6,16,18H,1-3,7-10H2. The molecule has 1 fully saturated rings. The smallest absolute Gasteiger partial charge is 0.275 e. The van der Waals surface area contributed by atoms with E-state index in [-0.39, 0.29) is 12.2 Å². The molecule has 0 bridgehead atoms. The molecule has 0 spiro atoms. The van der Waals surface area contributed by atoms with Crippen LogP contribution in [0.3, 0.4) is 0 Å². The van der Waals surface area contributed by atoms with Crippen molar-refractivity contribution in [3.05, 3.63) is 38.9 Å². The molecule has 0 aliphatic heterocycles. The van der Waals surface area contributed by atoms with E-state index < -0.39 is 10.5 Å². The third-order valence-electron chi connectivity index (χ3n) is 3.83. The number of halogens is 1. The van der Waals surface area contributed by atoms with Crippen molar-refractivity contribution < 1.29 is 10.0 Å². The lowest BCUT2D eigenvalue weighted by molar-refractivity contribution is -0.385. The fourth-order valence-electron chi connectivity index (χ4n) is 2.70. The van der Waals surface area contributed by atoms with Crippen molar-refractivity contribution in [3.8, 4) is 0 Å². The molecular weight excluding hydrogens is 280 g/mol. The molecule has 1 aliphatic carbocycles. The van der Waals surface area contributed by atoms with Gasteiger partial charge in [-0.1, -0.05) is 36.9 Å². The lowest BCUT2D eigenvalue weighted by atomic mass is 9.85. The van der Waals surface area contributed by atoms with Gasteiger partial charge in [-0.3, -0.25) is 10.1 Å². The monoisotopic (exact) mass is 298 g/mol. The third kappa shape index (κ3) is 3.69. The highest BCUT2D eigenvalue weighted by Crippen LogP contribution is 2.29. The van der Waals surface area contributed by atoms with Crippen LogP contribution in [0.25, 0.3) is 0 Å². The molecule has 2 rings (SSSR count). The largest absolute Gasteiger partial charge is 0.389 e. The molecular formula is C14H19ClN2O3. The van der Waals surface area contributed by atoms with Crippen molar-refractivity contribution in [2.75, 3.05) is 6.54 Å². The number of benzene rings is 1. The second kappa shape index (κ2) is 6.52. The van der Waals surface area contributed by atoms with Crippen LogP contribution < -0.4 is 5.32 Å². The second-order valence-electron chi connectivity index (χ2n) is 5.38. The van der Waals surface area contributed by atoms with Gasteiger partial charge in [0.15, 0.2) is 0 Å². The summed E-state index contributed by atoms with van der Waals surface area (Å²) in [5.41, 5.74) is -0.201. The van der Waals surface area contributed by atoms with Crippen molar-refractivity contribution >= 4 is 17.3 Å². The predicted molar refractivity (Wildman–Crippen MR) is 77.8 cm³/mol. The van der Waals surface area contributed by atoms with Gasteiger partial charge in [0.2, 0.25) is 0 Å². The molecule has 0 unspecified atom stereocenters. The first-order valence-corrected chi connectivity index (χ1v) is 7.24. The van der Waals surface area contributed by atoms with Gasteiger partial charge in [0, 0.05) is 19.2 Å². The molecule has 2 N–H and O–H groups in total. The zero-order chi connectivity index (χ0) is 14.6. The van der Waals surface area contributed by atoms with Gasteiger partial charge in [0.05, 0.1) is 21.1 Å². The minimum atomic E-state index is -0.686. The van der Waals surface area contributed by atoms with E-state index in [9.17, 15) is 15.2 Å². The Hall–Kier alpha value is -1.17. The van der Waals surface area contributed by atoms with Crippen LogP contribution in [0.2, 0.25) is 5.02 Å². The fraction of sp³-hybridized carbons (Fsp3) is 0.571. The number of nitro benzene ring substituents is 1. The van der Waals surface area contributed by atoms with Gasteiger partial charge < -0.3 is 10.4 Å². The summed E-state index contributed by atoms with van der Waals surface area (Å²) in [6.45, 7) is 0.730. The maximum Gasteiger partial charge on any atom is 0.275 e. The van der Waals surface area contributed by atoms with Gasteiger partial charge in [-0.25, -0.2) is 0 Å². The average molecular weight is 299 g/mol. The van der Waals surface area contributed by atoms with E-state index in [0.29, 0.717) is 17.1 Å². The number of rotatable bonds is 5. The first kappa shape index (κ1) is 15.2. The quantitative estimate of drug-likeness (QED) is 0.647. The summed E-state index contributed by atoms with van der Waals surface area (Å²) in [6, 6.07) is 4.65. The number of nitrogens with one attached hydrogen (secondary N) is 1. The summed E-state index contributed by atoms with van der Waals surface area (Å²) < 4.78 is 0. The molecule has 0 atom stereocenters. The molecule has 0 amide bonds. The van der Waals surface area contributed by atoms with Crippen LogP contribution in [-0.4, -0.2) is 22.2 Å². The first-order chi connectivity index (χ1) is 9.52. The maximum atomic E-state index is 11.0. The van der Waals surface area contributed by atoms with Gasteiger partial charge in [-0.05, 0) is 18.9 Å². The Labute approximate surface area is 123 Å². The molecule has 5 nitrogen and oxygen atoms in total. The van der Waals surface area contributed by atoms with E-state index in [1.54, 1.807) is 12.1 Å². The lowest BCUT2D eigenvalue weighted by Crippen LogP contribution is -2.42. The molecule has 1 aromatic carbocycles. The van der Waals surface area contributed by atoms with Gasteiger partial charge in [-0.15, -0.1) is 0 Å². The van der Waals surface area contributed by atoms with E-state index in [1.807, 2.05) is 0 Å². The lowest BCUT2D eigenvalue weighted by Gasteiger charge is -2.32. The van der Waals surface area contributed by atoms with Gasteiger partial charge in [0.1, 0.15) is 0 Å². The number of nitrogens with zero attached hydrogens (tertiary/aromatic N) is 1. The van der Waals surface area contributed by atoms with Gasteiger partial charge in [0.25, 0.3) is 5.69 Å². The topological polar surface area (TPSA) is 75.4 Å². The number of aliphatic hydroxyl groups is 1. The Balaban J connectivity index is 1.99. The summed E-state index contributed by atoms with van der Waals surface area (Å²) in [5, 5.41) is 24.8. The molecule has 1 saturated carbocycles. The van der Waals surface area contributed by atoms with Crippen LogP contribution in [0.1, 0.15) is 37.7 Å². The van der Waals surface area contributed by atoms with E-state index in [2.05, 4.69) is 5.32 Å². The average Bonchev–Trinajstić information content (AvgIpc) is 2.41. The van der Waals surface area contributed by atoms with Crippen molar-refractivity contribution in [1.29, 1.82) is 0 Å². The Morgan fingerprint density at radius 2 is 2.05 bits per heavy atom. The number of nitro groups is 1. The van der Waals surface area contributed by atoms with Crippen LogP contribution in [0.5, 0.6) is 0 Å². The highest BCUT2D eigenvalue weighted by atomic mass is 35.5. The highest BCUT2D eigenvalue weighted by Gasteiger charge is 2.28. The zero-order valence-electron chi connectivity index (χ0n) is 11.3. The van der Waals surface area contributed by atoms with E-state index in [4.69, 9.17) is 11.6 Å². The van der Waals surface area contributed by atoms with Gasteiger partial charge >= 0.3 is 0 Å². The molecule has 20 heavy (non-hydrogen) atoms. The Morgan fingerprint density at radius 1 is 1.35 bits per heavy atom. The van der Waals surface area contributed by atoms with Crippen LogP contribution in [0, 0.1) is 10.1 Å². The fourth-order valence-corrected chi connectivity index (χ4v) is 2.94. The van der Waals surface area contributed by atoms with E-state index in [0.717, 1.165) is 32.1 Å². The molecule has 0 aromatic heterocycles. The first-order valence-electron chi connectivity index (χ1n) is 6.87. The Kier molecular flexibility index (Phi) is 4.96. The van der Waals surface area contributed by atoms with E-state index in [1.165, 1.54) is 6.07 Å². The Bertz CT molecular complexity index is 487. The van der Waals surface area contributed by atoms with Crippen LogP contribution in [-0.2, 0) is 6.54 Å². The minimum Gasteiger partial charge on any atom is -0.389 e. The van der Waals surface area contributed by atoms with Crippen molar-refractivity contribution in [2.24, 2.45) is 0 Å². The Morgan fingerprint density at radius 3 is 2.70 bits per heavy atom. The molecule has 1 aliphatic rings. The molecule has 0 heterocycles. The van der Waals surface area contributed by atoms with Crippen LogP contribution in [0.15, 0.2) is 18.2 Å². The summed E-state index contributed by atoms with van der Waals surface area (Å²) in [5.74, 6) is 0. The van der Waals surface area contributed by atoms with Crippen molar-refractivity contribution in [3.63, 3.8) is 0 Å². The summed E-state index contributed by atoms with van der Waals surface area (Å²) >= 11 is 6.02. The minimum absolute atomic E-state index is 0.0145.